The van der Waals surface area contributed by atoms with Crippen LogP contribution in [0.5, 0.6) is 0 Å². The van der Waals surface area contributed by atoms with Crippen LogP contribution < -0.4 is 10.6 Å². The lowest BCUT2D eigenvalue weighted by Crippen LogP contribution is -2.69. The highest BCUT2D eigenvalue weighted by Crippen LogP contribution is 2.34. The first kappa shape index (κ1) is 42.0. The summed E-state index contributed by atoms with van der Waals surface area (Å²) in [6.45, 7) is 1.53. The van der Waals surface area contributed by atoms with Crippen molar-refractivity contribution in [3.05, 3.63) is 0 Å². The minimum atomic E-state index is -1.90. The van der Waals surface area contributed by atoms with Gasteiger partial charge in [-0.25, -0.2) is 0 Å². The number of carbonyl (C=O) groups excluding carboxylic acids is 2. The van der Waals surface area contributed by atoms with Crippen molar-refractivity contribution in [2.45, 2.75) is 143 Å². The Morgan fingerprint density at radius 2 is 1.10 bits per heavy atom. The lowest BCUT2D eigenvalue weighted by molar-refractivity contribution is -0.381. The van der Waals surface area contributed by atoms with Crippen molar-refractivity contribution in [1.82, 2.24) is 10.6 Å². The van der Waals surface area contributed by atoms with Crippen LogP contribution in [-0.4, -0.2) is 213 Å². The molecule has 0 spiro atoms. The van der Waals surface area contributed by atoms with Gasteiger partial charge in [0.25, 0.3) is 0 Å². The first-order valence-corrected chi connectivity index (χ1v) is 16.3. The molecule has 4 aliphatic rings. The van der Waals surface area contributed by atoms with Crippen LogP contribution in [0.2, 0.25) is 0 Å². The Kier molecular flexibility index (Phi) is 14.8. The van der Waals surface area contributed by atoms with Gasteiger partial charge in [0.15, 0.2) is 25.2 Å². The second kappa shape index (κ2) is 18.0. The zero-order valence-corrected chi connectivity index (χ0v) is 28.2. The van der Waals surface area contributed by atoms with E-state index in [1.165, 1.54) is 14.0 Å². The number of hydrogen-bond acceptors (Lipinski definition) is 20. The maximum atomic E-state index is 12.3. The van der Waals surface area contributed by atoms with E-state index in [2.05, 4.69) is 10.6 Å². The van der Waals surface area contributed by atoms with E-state index < -0.39 is 154 Å². The van der Waals surface area contributed by atoms with Gasteiger partial charge in [0.2, 0.25) is 11.8 Å². The molecule has 4 aliphatic heterocycles. The van der Waals surface area contributed by atoms with Crippen LogP contribution >= 0.6 is 0 Å². The number of carbonyl (C=O) groups is 2. The molecule has 51 heavy (non-hydrogen) atoms. The average Bonchev–Trinajstić information content (AvgIpc) is 3.08. The second-order valence-corrected chi connectivity index (χ2v) is 12.9. The Morgan fingerprint density at radius 1 is 0.569 bits per heavy atom. The molecule has 0 aromatic rings. The van der Waals surface area contributed by atoms with Gasteiger partial charge in [-0.15, -0.1) is 0 Å². The summed E-state index contributed by atoms with van der Waals surface area (Å²) in [4.78, 5) is 24.1. The highest BCUT2D eigenvalue weighted by atomic mass is 16.8. The predicted octanol–water partition coefficient (Wildman–Crippen LogP) is -7.78. The van der Waals surface area contributed by atoms with Crippen molar-refractivity contribution in [2.75, 3.05) is 26.9 Å². The molecule has 4 heterocycles. The Bertz CT molecular complexity index is 1140. The lowest BCUT2D eigenvalue weighted by atomic mass is 9.94. The molecule has 296 valence electrons. The number of methoxy groups -OCH3 is 1. The van der Waals surface area contributed by atoms with E-state index in [1.54, 1.807) is 0 Å². The van der Waals surface area contributed by atoms with Gasteiger partial charge in [-0.3, -0.25) is 9.59 Å². The third-order valence-electron chi connectivity index (χ3n) is 9.17. The summed E-state index contributed by atoms with van der Waals surface area (Å²) in [6, 6.07) is -2.66. The summed E-state index contributed by atoms with van der Waals surface area (Å²) < 4.78 is 45.7. The summed E-state index contributed by atoms with van der Waals surface area (Å²) in [6.07, 6.45) is -28.8. The zero-order chi connectivity index (χ0) is 37.9. The van der Waals surface area contributed by atoms with Crippen molar-refractivity contribution in [1.29, 1.82) is 0 Å². The third-order valence-corrected chi connectivity index (χ3v) is 9.17. The van der Waals surface area contributed by atoms with E-state index >= 15 is 0 Å². The van der Waals surface area contributed by atoms with E-state index in [1.807, 2.05) is 0 Å². The van der Waals surface area contributed by atoms with Crippen molar-refractivity contribution < 1.29 is 98.5 Å². The van der Waals surface area contributed by atoms with Gasteiger partial charge in [0, 0.05) is 21.0 Å². The molecule has 0 saturated carbocycles. The maximum absolute atomic E-state index is 12.3. The number of nitrogens with one attached hydrogen (secondary N) is 2. The van der Waals surface area contributed by atoms with Crippen LogP contribution in [0.15, 0.2) is 0 Å². The summed E-state index contributed by atoms with van der Waals surface area (Å²) in [5.41, 5.74) is 0. The Morgan fingerprint density at radius 3 is 1.67 bits per heavy atom. The van der Waals surface area contributed by atoms with E-state index in [0.717, 1.165) is 13.8 Å². The first-order valence-electron chi connectivity index (χ1n) is 16.3. The number of aliphatic hydroxyl groups excluding tert-OH is 10. The smallest absolute Gasteiger partial charge is 0.217 e. The second-order valence-electron chi connectivity index (χ2n) is 12.9. The van der Waals surface area contributed by atoms with Crippen molar-refractivity contribution >= 4 is 11.8 Å². The van der Waals surface area contributed by atoms with Crippen molar-refractivity contribution in [3.8, 4) is 0 Å². The predicted molar refractivity (Wildman–Crippen MR) is 160 cm³/mol. The molecule has 22 nitrogen and oxygen atoms in total. The average molecular weight is 747 g/mol. The van der Waals surface area contributed by atoms with Gasteiger partial charge in [-0.05, 0) is 6.92 Å². The van der Waals surface area contributed by atoms with Crippen LogP contribution in [0.25, 0.3) is 0 Å². The molecule has 0 aromatic carbocycles. The molecule has 4 fully saturated rings. The molecule has 12 N–H and O–H groups in total. The van der Waals surface area contributed by atoms with Gasteiger partial charge in [0.05, 0.1) is 25.9 Å². The first-order chi connectivity index (χ1) is 24.0. The van der Waals surface area contributed by atoms with Crippen LogP contribution in [0.1, 0.15) is 20.8 Å². The SMILES string of the molecule is CO[C@H]1O[C@H](CO[C@@H]2O[C@H](CO)[C@@H](O)[C@H](O)[C@H]2NC(C)=O)[C@H](O)[C@H](O[C@@H]2O[C@H](CO)[C@H](O)[C@H](O)[C@H]2O[C@@H]2O[C@@H](C)[C@@H](O)[C@@H](O)[C@@H]2O)[C@H]1NC(C)=O. The number of ether oxygens (including phenoxy) is 8. The number of hydrogen-bond donors (Lipinski definition) is 12. The fraction of sp³-hybridized carbons (Fsp3) is 0.931. The maximum Gasteiger partial charge on any atom is 0.217 e. The van der Waals surface area contributed by atoms with Gasteiger partial charge in [0.1, 0.15) is 91.4 Å². The Labute approximate surface area is 291 Å². The van der Waals surface area contributed by atoms with Crippen LogP contribution in [0.3, 0.4) is 0 Å². The molecular formula is C29H50N2O20. The zero-order valence-electron chi connectivity index (χ0n) is 28.2. The van der Waals surface area contributed by atoms with Gasteiger partial charge in [-0.2, -0.15) is 0 Å². The van der Waals surface area contributed by atoms with Crippen molar-refractivity contribution in [2.24, 2.45) is 0 Å². The molecule has 0 radical (unpaired) electrons. The Hall–Kier alpha value is -1.78. The van der Waals surface area contributed by atoms with Gasteiger partial charge in [-0.1, -0.05) is 0 Å². The highest BCUT2D eigenvalue weighted by molar-refractivity contribution is 5.73. The fourth-order valence-electron chi connectivity index (χ4n) is 6.36. The van der Waals surface area contributed by atoms with E-state index in [4.69, 9.17) is 37.9 Å². The molecule has 0 bridgehead atoms. The van der Waals surface area contributed by atoms with E-state index in [-0.39, 0.29) is 0 Å². The van der Waals surface area contributed by atoms with Crippen molar-refractivity contribution in [3.63, 3.8) is 0 Å². The quantitative estimate of drug-likeness (QED) is 0.0882. The van der Waals surface area contributed by atoms with Crippen LogP contribution in [0, 0.1) is 0 Å². The van der Waals surface area contributed by atoms with Gasteiger partial charge >= 0.3 is 0 Å². The summed E-state index contributed by atoms with van der Waals surface area (Å²) >= 11 is 0. The minimum Gasteiger partial charge on any atom is -0.394 e. The minimum absolute atomic E-state index is 0.582. The summed E-state index contributed by atoms with van der Waals surface area (Å²) in [7, 11) is 1.21. The number of rotatable bonds is 12. The summed E-state index contributed by atoms with van der Waals surface area (Å²) in [5, 5.41) is 110. The topological polar surface area (TPSA) is 334 Å². The van der Waals surface area contributed by atoms with E-state index in [0.29, 0.717) is 0 Å². The van der Waals surface area contributed by atoms with Gasteiger partial charge < -0.3 is 99.6 Å². The lowest BCUT2D eigenvalue weighted by Gasteiger charge is -2.49. The number of aliphatic hydroxyl groups is 10. The fourth-order valence-corrected chi connectivity index (χ4v) is 6.36. The Balaban J connectivity index is 1.61. The molecule has 0 aromatic heterocycles. The normalized spacial score (nSPS) is 47.8. The number of amides is 2. The highest BCUT2D eigenvalue weighted by Gasteiger charge is 2.55. The standard InChI is InChI=1S/C29H50N2O20/c1-8-16(36)21(41)23(43)28(46-8)51-25-22(42)18(38)12(6-33)48-29(25)50-24-15(31-10(3)35)26(44-4)49-13(19(24)39)7-45-27-14(30-9(2)34)20(40)17(37)11(5-32)47-27/h8,11-29,32-33,36-43H,5-7H2,1-4H3,(H,30,34)(H,31,35)/t8-,11+,12+,13+,14+,15+,16+,17+,18-,19-,20+,21+,22-,23-,24+,25+,26-,27+,28-,29-/m0/s1. The third kappa shape index (κ3) is 9.30. The largest absolute Gasteiger partial charge is 0.394 e. The van der Waals surface area contributed by atoms with Crippen LogP contribution in [0.4, 0.5) is 0 Å². The molecule has 0 aliphatic carbocycles. The molecule has 4 saturated heterocycles. The monoisotopic (exact) mass is 746 g/mol. The molecule has 22 heteroatoms. The molecule has 2 amide bonds. The van der Waals surface area contributed by atoms with E-state index in [9.17, 15) is 60.7 Å². The summed E-state index contributed by atoms with van der Waals surface area (Å²) in [5.74, 6) is -1.24. The van der Waals surface area contributed by atoms with Crippen LogP contribution in [-0.2, 0) is 47.5 Å². The molecule has 0 unspecified atom stereocenters. The molecule has 20 atom stereocenters. The molecule has 4 rings (SSSR count). The molecular weight excluding hydrogens is 696 g/mol.